The van der Waals surface area contributed by atoms with Crippen LogP contribution in [0.4, 0.5) is 0 Å². The Hall–Kier alpha value is -0.200. The second-order valence-corrected chi connectivity index (χ2v) is 13.1. The predicted molar refractivity (Wildman–Crippen MR) is 125 cm³/mol. The van der Waals surface area contributed by atoms with Gasteiger partial charge in [-0.15, -0.1) is 0 Å². The van der Waals surface area contributed by atoms with E-state index < -0.39 is 0 Å². The molecular weight excluding hydrogens is 404 g/mol. The highest BCUT2D eigenvalue weighted by molar-refractivity contribution is 5.15. The molecule has 2 aliphatic heterocycles. The van der Waals surface area contributed by atoms with Crippen LogP contribution in [0.25, 0.3) is 0 Å². The Morgan fingerprint density at radius 3 is 2.28 bits per heavy atom. The monoisotopic (exact) mass is 452 g/mol. The molecule has 32 heavy (non-hydrogen) atoms. The van der Waals surface area contributed by atoms with Crippen LogP contribution in [0.15, 0.2) is 0 Å². The molecule has 5 N–H and O–H groups in total. The van der Waals surface area contributed by atoms with Crippen molar-refractivity contribution >= 4 is 0 Å². The molecule has 0 aromatic carbocycles. The van der Waals surface area contributed by atoms with Gasteiger partial charge in [0.25, 0.3) is 0 Å². The highest BCUT2D eigenvalue weighted by atomic mass is 16.7. The molecule has 5 heteroatoms. The van der Waals surface area contributed by atoms with Crippen LogP contribution in [0.1, 0.15) is 91.9 Å². The Morgan fingerprint density at radius 2 is 1.56 bits per heavy atom. The first-order chi connectivity index (χ1) is 14.3. The standard InChI is InChI=1S/C27H44O3.2H2O/c1-16-7-12-27(29-15-16)17(2)24-23(30-27)14-22-20-6-5-18-13-19(28)8-10-25(18,3)21(20)9-11-26(22,24)4;;/h16-24,28H,5-15H2,1-4H3;2*1H2/t16-,17+,18?,19+,20-,21+,22+,23+,24+,25+,26+,27-;;/m1../s1. The van der Waals surface area contributed by atoms with Crippen molar-refractivity contribution in [1.29, 1.82) is 0 Å². The number of aliphatic hydroxyl groups excluding tert-OH is 1. The SMILES string of the molecule is C[C@@H]1CC[C@@]2(OC1)O[C@H]1C[C@H]3[C@@H]4CCC5C[C@@H](O)CC[C@]5(C)[C@H]4CC[C@]3(C)[C@H]1[C@@H]2C.O.O. The van der Waals surface area contributed by atoms with E-state index in [1.54, 1.807) is 0 Å². The molecule has 6 aliphatic rings. The summed E-state index contributed by atoms with van der Waals surface area (Å²) in [7, 11) is 0. The van der Waals surface area contributed by atoms with Crippen molar-refractivity contribution in [3.05, 3.63) is 0 Å². The number of fused-ring (bicyclic) bond motifs is 7. The fourth-order valence-corrected chi connectivity index (χ4v) is 10.3. The maximum absolute atomic E-state index is 10.3. The number of hydrogen-bond donors (Lipinski definition) is 1. The second kappa shape index (κ2) is 8.19. The van der Waals surface area contributed by atoms with E-state index >= 15 is 0 Å². The lowest BCUT2D eigenvalue weighted by Gasteiger charge is -2.61. The van der Waals surface area contributed by atoms with Gasteiger partial charge >= 0.3 is 0 Å². The molecule has 0 radical (unpaired) electrons. The van der Waals surface area contributed by atoms with Gasteiger partial charge in [0, 0.05) is 12.3 Å². The summed E-state index contributed by atoms with van der Waals surface area (Å²) in [4.78, 5) is 0. The minimum atomic E-state index is -0.282. The van der Waals surface area contributed by atoms with Gasteiger partial charge in [0.15, 0.2) is 5.79 Å². The molecule has 2 heterocycles. The number of hydrogen-bond acceptors (Lipinski definition) is 3. The minimum absolute atomic E-state index is 0. The van der Waals surface area contributed by atoms with Crippen LogP contribution in [-0.4, -0.2) is 40.7 Å². The maximum atomic E-state index is 10.3. The normalized spacial score (nSPS) is 58.6. The maximum Gasteiger partial charge on any atom is 0.171 e. The van der Waals surface area contributed by atoms with Crippen LogP contribution in [-0.2, 0) is 9.47 Å². The summed E-state index contributed by atoms with van der Waals surface area (Å²) in [5.41, 5.74) is 0.899. The third-order valence-corrected chi connectivity index (χ3v) is 11.9. The van der Waals surface area contributed by atoms with E-state index in [0.29, 0.717) is 34.7 Å². The van der Waals surface area contributed by atoms with Crippen LogP contribution in [0.5, 0.6) is 0 Å². The summed E-state index contributed by atoms with van der Waals surface area (Å²) in [6.45, 7) is 10.9. The lowest BCUT2D eigenvalue weighted by atomic mass is 9.44. The van der Waals surface area contributed by atoms with Gasteiger partial charge in [-0.1, -0.05) is 27.7 Å². The van der Waals surface area contributed by atoms with E-state index in [1.807, 2.05) is 0 Å². The Kier molecular flexibility index (Phi) is 6.37. The van der Waals surface area contributed by atoms with E-state index in [1.165, 1.54) is 44.9 Å². The molecule has 0 amide bonds. The lowest BCUT2D eigenvalue weighted by molar-refractivity contribution is -0.273. The van der Waals surface area contributed by atoms with Crippen molar-refractivity contribution in [2.75, 3.05) is 6.61 Å². The van der Waals surface area contributed by atoms with Crippen molar-refractivity contribution in [2.45, 2.75) is 110 Å². The zero-order valence-corrected chi connectivity index (χ0v) is 20.7. The second-order valence-electron chi connectivity index (χ2n) is 13.1. The number of ether oxygens (including phenoxy) is 2. The van der Waals surface area contributed by atoms with Gasteiger partial charge in [-0.05, 0) is 104 Å². The Labute approximate surface area is 194 Å². The zero-order chi connectivity index (χ0) is 20.9. The molecule has 6 rings (SSSR count). The van der Waals surface area contributed by atoms with Crippen molar-refractivity contribution in [1.82, 2.24) is 0 Å². The van der Waals surface area contributed by atoms with Crippen LogP contribution in [0.3, 0.4) is 0 Å². The molecule has 6 fully saturated rings. The molecule has 0 bridgehead atoms. The molecule has 1 spiro atoms. The van der Waals surface area contributed by atoms with E-state index in [2.05, 4.69) is 27.7 Å². The predicted octanol–water partition coefficient (Wildman–Crippen LogP) is 4.14. The van der Waals surface area contributed by atoms with E-state index in [9.17, 15) is 5.11 Å². The molecular formula is C27H48O5. The third kappa shape index (κ3) is 3.21. The van der Waals surface area contributed by atoms with Crippen LogP contribution >= 0.6 is 0 Å². The van der Waals surface area contributed by atoms with Crippen molar-refractivity contribution in [3.63, 3.8) is 0 Å². The summed E-state index contributed by atoms with van der Waals surface area (Å²) in [6.07, 6.45) is 12.9. The number of rotatable bonds is 0. The van der Waals surface area contributed by atoms with Gasteiger partial charge in [-0.3, -0.25) is 0 Å². The molecule has 0 aromatic rings. The Morgan fingerprint density at radius 1 is 0.812 bits per heavy atom. The summed E-state index contributed by atoms with van der Waals surface area (Å²) in [5, 5.41) is 10.3. The average Bonchev–Trinajstić information content (AvgIpc) is 3.16. The van der Waals surface area contributed by atoms with Gasteiger partial charge in [0.2, 0.25) is 0 Å². The van der Waals surface area contributed by atoms with Crippen LogP contribution in [0, 0.1) is 52.3 Å². The lowest BCUT2D eigenvalue weighted by Crippen LogP contribution is -2.55. The average molecular weight is 453 g/mol. The number of aliphatic hydroxyl groups is 1. The van der Waals surface area contributed by atoms with Gasteiger partial charge < -0.3 is 25.5 Å². The van der Waals surface area contributed by atoms with Crippen molar-refractivity contribution in [2.24, 2.45) is 52.3 Å². The quantitative estimate of drug-likeness (QED) is 0.597. The third-order valence-electron chi connectivity index (χ3n) is 11.9. The first-order valence-electron chi connectivity index (χ1n) is 13.3. The molecule has 0 aromatic heterocycles. The van der Waals surface area contributed by atoms with Crippen molar-refractivity contribution < 1.29 is 25.5 Å². The molecule has 1 unspecified atom stereocenters. The van der Waals surface area contributed by atoms with Gasteiger partial charge in [0.05, 0.1) is 18.8 Å². The van der Waals surface area contributed by atoms with E-state index in [4.69, 9.17) is 9.47 Å². The molecule has 4 aliphatic carbocycles. The summed E-state index contributed by atoms with van der Waals surface area (Å²) in [6, 6.07) is 0. The molecule has 12 atom stereocenters. The highest BCUT2D eigenvalue weighted by Crippen LogP contribution is 2.71. The summed E-state index contributed by atoms with van der Waals surface area (Å²) < 4.78 is 13.4. The molecule has 4 saturated carbocycles. The van der Waals surface area contributed by atoms with Crippen LogP contribution < -0.4 is 0 Å². The molecule has 5 nitrogen and oxygen atoms in total. The fourth-order valence-electron chi connectivity index (χ4n) is 10.3. The van der Waals surface area contributed by atoms with Crippen LogP contribution in [0.2, 0.25) is 0 Å². The summed E-state index contributed by atoms with van der Waals surface area (Å²) in [5.74, 6) is 4.93. The summed E-state index contributed by atoms with van der Waals surface area (Å²) >= 11 is 0. The smallest absolute Gasteiger partial charge is 0.171 e. The zero-order valence-electron chi connectivity index (χ0n) is 20.7. The Balaban J connectivity index is 0.00000122. The van der Waals surface area contributed by atoms with E-state index in [-0.39, 0.29) is 22.8 Å². The van der Waals surface area contributed by atoms with E-state index in [0.717, 1.165) is 49.5 Å². The first kappa shape index (κ1) is 24.9. The van der Waals surface area contributed by atoms with Crippen molar-refractivity contribution in [3.8, 4) is 0 Å². The van der Waals surface area contributed by atoms with Gasteiger partial charge in [0.1, 0.15) is 0 Å². The highest BCUT2D eigenvalue weighted by Gasteiger charge is 2.69. The van der Waals surface area contributed by atoms with Gasteiger partial charge in [-0.25, -0.2) is 0 Å². The van der Waals surface area contributed by atoms with Gasteiger partial charge in [-0.2, -0.15) is 0 Å². The molecule has 186 valence electrons. The largest absolute Gasteiger partial charge is 0.412 e. The topological polar surface area (TPSA) is 102 Å². The fraction of sp³-hybridized carbons (Fsp3) is 1.00. The first-order valence-corrected chi connectivity index (χ1v) is 13.3. The Bertz CT molecular complexity index is 690. The molecule has 2 saturated heterocycles. The minimum Gasteiger partial charge on any atom is -0.412 e.